The molecule has 2 aromatic heterocycles. The quantitative estimate of drug-likeness (QED) is 0.381. The highest BCUT2D eigenvalue weighted by Gasteiger charge is 2.13. The van der Waals surface area contributed by atoms with Gasteiger partial charge in [0.15, 0.2) is 12.4 Å². The van der Waals surface area contributed by atoms with Gasteiger partial charge in [0.25, 0.3) is 11.1 Å². The predicted octanol–water partition coefficient (Wildman–Crippen LogP) is 1.25. The average molecular weight is 433 g/mol. The maximum Gasteiger partial charge on any atom is 0.328 e. The van der Waals surface area contributed by atoms with E-state index in [1.54, 1.807) is 12.1 Å². The number of benzene rings is 2. The molecule has 162 valence electrons. The van der Waals surface area contributed by atoms with Gasteiger partial charge in [-0.05, 0) is 31.2 Å². The molecular weight excluding hydrogens is 414 g/mol. The second-order valence-corrected chi connectivity index (χ2v) is 6.96. The summed E-state index contributed by atoms with van der Waals surface area (Å²) in [7, 11) is 0. The molecule has 0 atom stereocenters. The third-order valence-electron chi connectivity index (χ3n) is 4.54. The molecule has 4 N–H and O–H groups in total. The number of aryl methyl sites for hydroxylation is 1. The van der Waals surface area contributed by atoms with Crippen LogP contribution in [0.15, 0.2) is 58.1 Å². The first kappa shape index (κ1) is 20.7. The molecule has 0 saturated carbocycles. The van der Waals surface area contributed by atoms with E-state index in [1.807, 2.05) is 31.2 Å². The van der Waals surface area contributed by atoms with Crippen LogP contribution in [0, 0.1) is 6.92 Å². The van der Waals surface area contributed by atoms with Crippen LogP contribution in [-0.2, 0) is 22.7 Å². The molecule has 32 heavy (non-hydrogen) atoms. The number of H-pyrrole nitrogens is 1. The highest BCUT2D eigenvalue weighted by molar-refractivity contribution is 5.80. The van der Waals surface area contributed by atoms with Crippen LogP contribution in [-0.4, -0.2) is 30.7 Å². The Morgan fingerprint density at radius 3 is 2.53 bits per heavy atom. The first-order chi connectivity index (χ1) is 15.4. The molecule has 0 unspecified atom stereocenters. The fourth-order valence-electron chi connectivity index (χ4n) is 3.00. The number of hydrogen-bond donors (Lipinski definition) is 3. The van der Waals surface area contributed by atoms with Gasteiger partial charge in [-0.25, -0.2) is 4.68 Å². The molecule has 0 aliphatic rings. The minimum absolute atomic E-state index is 0.0456. The van der Waals surface area contributed by atoms with Crippen molar-refractivity contribution in [2.75, 3.05) is 11.1 Å². The van der Waals surface area contributed by atoms with Crippen LogP contribution in [0.5, 0.6) is 0 Å². The number of carbonyl (C=O) groups excluding carboxylic acids is 1. The Balaban J connectivity index is 1.45. The third kappa shape index (κ3) is 4.61. The number of nitrogen functional groups attached to an aromatic ring is 1. The topological polar surface area (TPSA) is 158 Å². The zero-order chi connectivity index (χ0) is 22.7. The van der Waals surface area contributed by atoms with E-state index in [0.717, 1.165) is 15.9 Å². The van der Waals surface area contributed by atoms with Crippen LogP contribution in [0.2, 0.25) is 0 Å². The molecule has 4 aromatic rings. The van der Waals surface area contributed by atoms with Crippen molar-refractivity contribution < 1.29 is 9.53 Å². The summed E-state index contributed by atoms with van der Waals surface area (Å²) in [6.07, 6.45) is 0. The lowest BCUT2D eigenvalue weighted by Gasteiger charge is -2.09. The van der Waals surface area contributed by atoms with E-state index >= 15 is 0 Å². The summed E-state index contributed by atoms with van der Waals surface area (Å²) < 4.78 is 6.06. The fraction of sp³-hybridized carbons (Fsp3) is 0.143. The van der Waals surface area contributed by atoms with Crippen molar-refractivity contribution in [3.63, 3.8) is 0 Å². The van der Waals surface area contributed by atoms with Gasteiger partial charge in [0, 0.05) is 5.69 Å². The monoisotopic (exact) mass is 433 g/mol. The number of nitrogens with zero attached hydrogens (tertiary/aromatic N) is 4. The molecule has 0 amide bonds. The lowest BCUT2D eigenvalue weighted by Crippen LogP contribution is -2.32. The number of fused-ring (bicyclic) bond motifs is 1. The molecular formula is C21H19N7O4. The Labute approximate surface area is 180 Å². The van der Waals surface area contributed by atoms with Gasteiger partial charge in [0.05, 0.1) is 10.8 Å². The summed E-state index contributed by atoms with van der Waals surface area (Å²) in [6.45, 7) is 1.20. The minimum atomic E-state index is -0.759. The van der Waals surface area contributed by atoms with Gasteiger partial charge in [-0.15, -0.1) is 0 Å². The molecule has 0 bridgehead atoms. The van der Waals surface area contributed by atoms with Gasteiger partial charge in [-0.3, -0.25) is 19.5 Å². The summed E-state index contributed by atoms with van der Waals surface area (Å²) in [5.41, 5.74) is 6.59. The van der Waals surface area contributed by atoms with E-state index < -0.39 is 23.6 Å². The van der Waals surface area contributed by atoms with Crippen molar-refractivity contribution in [2.24, 2.45) is 0 Å². The number of esters is 1. The Morgan fingerprint density at radius 2 is 1.78 bits per heavy atom. The van der Waals surface area contributed by atoms with Crippen molar-refractivity contribution in [2.45, 2.75) is 20.1 Å². The summed E-state index contributed by atoms with van der Waals surface area (Å²) in [5.74, 6) is -0.483. The SMILES string of the molecule is Cc1ccc(Nc2nc(N)nc(COC(=O)Cn3[nH]c(=O)c4ccccc4c3=O)n2)cc1. The highest BCUT2D eigenvalue weighted by atomic mass is 16.5. The number of nitrogens with two attached hydrogens (primary N) is 1. The maximum absolute atomic E-state index is 12.5. The molecule has 2 aromatic carbocycles. The van der Waals surface area contributed by atoms with E-state index in [9.17, 15) is 14.4 Å². The molecule has 0 saturated heterocycles. The van der Waals surface area contributed by atoms with E-state index in [0.29, 0.717) is 0 Å². The van der Waals surface area contributed by atoms with E-state index in [2.05, 4.69) is 25.4 Å². The second kappa shape index (κ2) is 8.68. The van der Waals surface area contributed by atoms with E-state index in [-0.39, 0.29) is 35.1 Å². The standard InChI is InChI=1S/C21H19N7O4/c1-12-6-8-13(9-7-12)23-21-25-16(24-20(22)26-21)11-32-17(29)10-28-19(31)15-5-3-2-4-14(15)18(30)27-28/h2-9H,10-11H2,1H3,(H,27,30)(H3,22,23,24,25,26). The van der Waals surface area contributed by atoms with Gasteiger partial charge in [0.1, 0.15) is 6.54 Å². The molecule has 0 radical (unpaired) electrons. The minimum Gasteiger partial charge on any atom is -0.456 e. The van der Waals surface area contributed by atoms with Crippen LogP contribution < -0.4 is 22.2 Å². The van der Waals surface area contributed by atoms with E-state index in [4.69, 9.17) is 10.5 Å². The predicted molar refractivity (Wildman–Crippen MR) is 117 cm³/mol. The average Bonchev–Trinajstić information content (AvgIpc) is 2.77. The first-order valence-corrected chi connectivity index (χ1v) is 9.60. The molecule has 11 heteroatoms. The van der Waals surface area contributed by atoms with Gasteiger partial charge >= 0.3 is 5.97 Å². The number of anilines is 3. The number of nitrogens with one attached hydrogen (secondary N) is 2. The van der Waals surface area contributed by atoms with Gasteiger partial charge in [0.2, 0.25) is 11.9 Å². The summed E-state index contributed by atoms with van der Waals surface area (Å²) >= 11 is 0. The van der Waals surface area contributed by atoms with Crippen molar-refractivity contribution in [3.05, 3.63) is 80.6 Å². The van der Waals surface area contributed by atoms with Crippen molar-refractivity contribution in [3.8, 4) is 0 Å². The van der Waals surface area contributed by atoms with Gasteiger partial charge in [-0.1, -0.05) is 29.8 Å². The fourth-order valence-corrected chi connectivity index (χ4v) is 3.00. The molecule has 0 aliphatic carbocycles. The molecule has 2 heterocycles. The Hall–Kier alpha value is -4.54. The van der Waals surface area contributed by atoms with E-state index in [1.165, 1.54) is 12.1 Å². The van der Waals surface area contributed by atoms with Crippen LogP contribution in [0.4, 0.5) is 17.6 Å². The first-order valence-electron chi connectivity index (χ1n) is 9.60. The van der Waals surface area contributed by atoms with Crippen LogP contribution in [0.1, 0.15) is 11.4 Å². The third-order valence-corrected chi connectivity index (χ3v) is 4.54. The van der Waals surface area contributed by atoms with Gasteiger partial charge in [-0.2, -0.15) is 15.0 Å². The van der Waals surface area contributed by atoms with Crippen molar-refractivity contribution in [1.29, 1.82) is 0 Å². The number of carbonyl (C=O) groups is 1. The van der Waals surface area contributed by atoms with Crippen LogP contribution >= 0.6 is 0 Å². The molecule has 11 nitrogen and oxygen atoms in total. The Bertz CT molecular complexity index is 1410. The number of rotatable bonds is 6. The molecule has 0 aliphatic heterocycles. The molecule has 0 fully saturated rings. The smallest absolute Gasteiger partial charge is 0.328 e. The normalized spacial score (nSPS) is 10.8. The van der Waals surface area contributed by atoms with Crippen LogP contribution in [0.25, 0.3) is 10.8 Å². The number of hydrogen-bond acceptors (Lipinski definition) is 9. The molecule has 4 rings (SSSR count). The number of aromatic nitrogens is 5. The van der Waals surface area contributed by atoms with Crippen molar-refractivity contribution >= 4 is 34.3 Å². The maximum atomic E-state index is 12.5. The Kier molecular flexibility index (Phi) is 5.62. The lowest BCUT2D eigenvalue weighted by atomic mass is 10.2. The second-order valence-electron chi connectivity index (χ2n) is 6.96. The molecule has 0 spiro atoms. The summed E-state index contributed by atoms with van der Waals surface area (Å²) in [6, 6.07) is 13.9. The highest BCUT2D eigenvalue weighted by Crippen LogP contribution is 2.14. The number of aromatic amines is 1. The zero-order valence-electron chi connectivity index (χ0n) is 17.0. The zero-order valence-corrected chi connectivity index (χ0v) is 17.0. The summed E-state index contributed by atoms with van der Waals surface area (Å²) in [5, 5.41) is 5.83. The number of ether oxygens (including phenoxy) is 1. The van der Waals surface area contributed by atoms with Crippen molar-refractivity contribution in [1.82, 2.24) is 24.7 Å². The summed E-state index contributed by atoms with van der Waals surface area (Å²) in [4.78, 5) is 49.1. The van der Waals surface area contributed by atoms with Gasteiger partial charge < -0.3 is 15.8 Å². The Morgan fingerprint density at radius 1 is 1.06 bits per heavy atom. The lowest BCUT2D eigenvalue weighted by molar-refractivity contribution is -0.146. The van der Waals surface area contributed by atoms with Crippen LogP contribution in [0.3, 0.4) is 0 Å². The largest absolute Gasteiger partial charge is 0.456 e.